The van der Waals surface area contributed by atoms with Crippen LogP contribution in [-0.2, 0) is 37.8 Å². The molecule has 2 aliphatic heterocycles. The van der Waals surface area contributed by atoms with Crippen molar-refractivity contribution in [3.63, 3.8) is 0 Å². The molecule has 40 heavy (non-hydrogen) atoms. The van der Waals surface area contributed by atoms with Crippen LogP contribution in [0.2, 0.25) is 0 Å². The van der Waals surface area contributed by atoms with Crippen molar-refractivity contribution in [2.24, 2.45) is 13.0 Å². The topological polar surface area (TPSA) is 54.3 Å². The highest BCUT2D eigenvalue weighted by Gasteiger charge is 2.46. The van der Waals surface area contributed by atoms with Crippen molar-refractivity contribution >= 4 is 19.4 Å². The number of amides is 1. The molecule has 1 amide bonds. The normalized spacial score (nSPS) is 23.1. The number of rotatable bonds is 7. The van der Waals surface area contributed by atoms with Crippen LogP contribution in [0.5, 0.6) is 0 Å². The molecular formula is C31H34BF2N5O. The van der Waals surface area contributed by atoms with Gasteiger partial charge in [-0.15, -0.1) is 22.5 Å². The zero-order valence-corrected chi connectivity index (χ0v) is 23.2. The van der Waals surface area contributed by atoms with Crippen LogP contribution in [0.15, 0.2) is 42.7 Å². The molecule has 3 aliphatic rings. The Bertz CT molecular complexity index is 1480. The molecule has 1 saturated heterocycles. The lowest BCUT2D eigenvalue weighted by Gasteiger charge is -2.46. The fourth-order valence-corrected chi connectivity index (χ4v) is 6.79. The van der Waals surface area contributed by atoms with Crippen LogP contribution in [0.3, 0.4) is 0 Å². The summed E-state index contributed by atoms with van der Waals surface area (Å²) in [5.41, 5.74) is 3.12. The number of benzene rings is 2. The third-order valence-corrected chi connectivity index (χ3v) is 9.01. The van der Waals surface area contributed by atoms with Gasteiger partial charge in [-0.2, -0.15) is 0 Å². The second-order valence-electron chi connectivity index (χ2n) is 11.9. The molecule has 3 aromatic rings. The molecule has 1 saturated carbocycles. The van der Waals surface area contributed by atoms with Gasteiger partial charge >= 0.3 is 0 Å². The summed E-state index contributed by atoms with van der Waals surface area (Å²) in [6.07, 6.45) is 13.2. The number of nitrogens with zero attached hydrogens (tertiary/aromatic N) is 5. The maximum absolute atomic E-state index is 14.9. The molecule has 3 heterocycles. The summed E-state index contributed by atoms with van der Waals surface area (Å²) in [6.45, 7) is 2.63. The second kappa shape index (κ2) is 10.2. The fourth-order valence-electron chi connectivity index (χ4n) is 6.79. The van der Waals surface area contributed by atoms with Gasteiger partial charge in [0.25, 0.3) is 5.91 Å². The number of anilines is 1. The maximum Gasteiger partial charge on any atom is 0.258 e. The van der Waals surface area contributed by atoms with E-state index in [1.165, 1.54) is 6.42 Å². The summed E-state index contributed by atoms with van der Waals surface area (Å²) in [7, 11) is 2.85. The number of carbonyl (C=O) groups is 1. The largest absolute Gasteiger partial charge is 0.321 e. The minimum atomic E-state index is -3.05. The number of likely N-dealkylation sites (tertiary alicyclic amines) is 1. The predicted octanol–water partition coefficient (Wildman–Crippen LogP) is 4.17. The molecule has 1 aromatic heterocycles. The average Bonchev–Trinajstić information content (AvgIpc) is 3.47. The minimum absolute atomic E-state index is 0.0429. The quantitative estimate of drug-likeness (QED) is 0.333. The monoisotopic (exact) mass is 541 g/mol. The van der Waals surface area contributed by atoms with E-state index in [2.05, 4.69) is 27.1 Å². The molecular weight excluding hydrogens is 507 g/mol. The van der Waals surface area contributed by atoms with Gasteiger partial charge in [0.2, 0.25) is 5.82 Å². The van der Waals surface area contributed by atoms with Gasteiger partial charge in [0.15, 0.2) is 7.85 Å². The Morgan fingerprint density at radius 2 is 1.95 bits per heavy atom. The first kappa shape index (κ1) is 26.7. The third-order valence-electron chi connectivity index (χ3n) is 9.01. The first-order valence-corrected chi connectivity index (χ1v) is 14.1. The Balaban J connectivity index is 1.32. The Kier molecular flexibility index (Phi) is 6.78. The van der Waals surface area contributed by atoms with Crippen LogP contribution < -0.4 is 4.90 Å². The Hall–Kier alpha value is -3.51. The molecule has 0 radical (unpaired) electrons. The zero-order valence-electron chi connectivity index (χ0n) is 23.2. The molecule has 0 N–H and O–H groups in total. The van der Waals surface area contributed by atoms with Gasteiger partial charge in [0.05, 0.1) is 6.54 Å². The van der Waals surface area contributed by atoms with Crippen molar-refractivity contribution in [2.75, 3.05) is 18.0 Å². The Morgan fingerprint density at radius 3 is 2.62 bits per heavy atom. The van der Waals surface area contributed by atoms with E-state index in [0.29, 0.717) is 29.8 Å². The maximum atomic E-state index is 14.9. The molecule has 206 valence electrons. The highest BCUT2D eigenvalue weighted by atomic mass is 19.3. The van der Waals surface area contributed by atoms with E-state index in [1.807, 2.05) is 35.9 Å². The van der Waals surface area contributed by atoms with Crippen molar-refractivity contribution < 1.29 is 13.6 Å². The Morgan fingerprint density at radius 1 is 1.18 bits per heavy atom. The molecule has 0 bridgehead atoms. The number of terminal acetylenes is 1. The number of piperidine rings is 1. The summed E-state index contributed by atoms with van der Waals surface area (Å²) in [4.78, 5) is 17.7. The molecule has 2 aromatic carbocycles. The van der Waals surface area contributed by atoms with Crippen molar-refractivity contribution in [1.29, 1.82) is 0 Å². The van der Waals surface area contributed by atoms with Gasteiger partial charge in [-0.25, -0.2) is 8.78 Å². The van der Waals surface area contributed by atoms with Gasteiger partial charge in [-0.3, -0.25) is 9.69 Å². The van der Waals surface area contributed by atoms with Crippen molar-refractivity contribution in [2.45, 2.75) is 62.9 Å². The van der Waals surface area contributed by atoms with Crippen molar-refractivity contribution in [3.05, 3.63) is 76.4 Å². The van der Waals surface area contributed by atoms with E-state index < -0.39 is 5.82 Å². The van der Waals surface area contributed by atoms with Gasteiger partial charge in [-0.05, 0) is 79.7 Å². The molecule has 2 fully saturated rings. The van der Waals surface area contributed by atoms with E-state index in [1.54, 1.807) is 17.3 Å². The average molecular weight is 541 g/mol. The number of hydrogen-bond acceptors (Lipinski definition) is 4. The Labute approximate surface area is 235 Å². The van der Waals surface area contributed by atoms with Crippen molar-refractivity contribution in [3.8, 4) is 12.3 Å². The van der Waals surface area contributed by atoms with Gasteiger partial charge in [0.1, 0.15) is 12.2 Å². The highest BCUT2D eigenvalue weighted by molar-refractivity contribution is 6.15. The summed E-state index contributed by atoms with van der Waals surface area (Å²) in [6, 6.07) is 11.4. The van der Waals surface area contributed by atoms with E-state index in [0.717, 1.165) is 63.6 Å². The summed E-state index contributed by atoms with van der Waals surface area (Å²) >= 11 is 0. The zero-order chi connectivity index (χ0) is 28.1. The van der Waals surface area contributed by atoms with E-state index in [9.17, 15) is 13.6 Å². The van der Waals surface area contributed by atoms with E-state index in [-0.39, 0.29) is 29.3 Å². The molecule has 0 unspecified atom stereocenters. The van der Waals surface area contributed by atoms with Crippen LogP contribution in [0.4, 0.5) is 14.5 Å². The number of aromatic nitrogens is 3. The lowest BCUT2D eigenvalue weighted by molar-refractivity contribution is 0.0929. The molecule has 0 spiro atoms. The first-order chi connectivity index (χ1) is 19.2. The van der Waals surface area contributed by atoms with Crippen molar-refractivity contribution in [1.82, 2.24) is 19.7 Å². The molecule has 1 aliphatic carbocycles. The van der Waals surface area contributed by atoms with Gasteiger partial charge < -0.3 is 9.47 Å². The molecule has 6 nitrogen and oxygen atoms in total. The van der Waals surface area contributed by atoms with Crippen LogP contribution in [0.1, 0.15) is 70.5 Å². The lowest BCUT2D eigenvalue weighted by Crippen LogP contribution is -2.43. The first-order valence-electron chi connectivity index (χ1n) is 14.1. The van der Waals surface area contributed by atoms with Gasteiger partial charge in [-0.1, -0.05) is 18.6 Å². The molecule has 0 atom stereocenters. The number of alkyl halides is 2. The number of aryl methyl sites for hydroxylation is 1. The number of carbonyl (C=O) groups excluding carboxylic acids is 1. The highest BCUT2D eigenvalue weighted by Crippen LogP contribution is 2.50. The van der Waals surface area contributed by atoms with Crippen LogP contribution in [-0.4, -0.2) is 46.5 Å². The van der Waals surface area contributed by atoms with Gasteiger partial charge in [0, 0.05) is 48.2 Å². The third kappa shape index (κ3) is 4.83. The number of halogens is 2. The summed E-state index contributed by atoms with van der Waals surface area (Å²) < 4.78 is 31.7. The van der Waals surface area contributed by atoms with Crippen LogP contribution >= 0.6 is 0 Å². The molecule has 9 heteroatoms. The predicted molar refractivity (Wildman–Crippen MR) is 153 cm³/mol. The molecule has 6 rings (SSSR count). The van der Waals surface area contributed by atoms with Crippen LogP contribution in [0, 0.1) is 18.3 Å². The van der Waals surface area contributed by atoms with E-state index >= 15 is 0 Å². The lowest BCUT2D eigenvalue weighted by atomic mass is 9.57. The standard InChI is InChI=1S/C31H34BF2N5O/c1-3-21-15-30(16-21,17-28-36-35-20-37(28)2)23-8-7-9-24(14-23)39-19-26-25(29(39)40)12-22(13-27(26)31(32,33)34)18-38-10-5-4-6-11-38/h1,7-9,12-14,20-21H,4-6,10-11,15-19,32H2,2H3. The minimum Gasteiger partial charge on any atom is -0.321 e. The summed E-state index contributed by atoms with van der Waals surface area (Å²) in [5.74, 6) is 0.669. The summed E-state index contributed by atoms with van der Waals surface area (Å²) in [5, 5.41) is 8.34. The smallest absolute Gasteiger partial charge is 0.258 e. The van der Waals surface area contributed by atoms with Crippen LogP contribution in [0.25, 0.3) is 0 Å². The SMILES string of the molecule is BC(F)(F)c1cc(CN2CCCCC2)cc2c1CN(c1cccc(C3(Cc4nncn4C)CC(C#C)C3)c1)C2=O. The number of hydrogen-bond donors (Lipinski definition) is 0. The fraction of sp³-hybridized carbons (Fsp3) is 0.452. The number of fused-ring (bicyclic) bond motifs is 1. The van der Waals surface area contributed by atoms with E-state index in [4.69, 9.17) is 6.42 Å². The second-order valence-corrected chi connectivity index (χ2v) is 11.9.